The van der Waals surface area contributed by atoms with E-state index in [-0.39, 0.29) is 5.91 Å². The van der Waals surface area contributed by atoms with Crippen LogP contribution in [0.1, 0.15) is 18.9 Å². The summed E-state index contributed by atoms with van der Waals surface area (Å²) in [5.74, 6) is 0.183. The van der Waals surface area contributed by atoms with Crippen LogP contribution in [0, 0.1) is 0 Å². The average Bonchev–Trinajstić information content (AvgIpc) is 2.29. The molecular formula is C14H18N2O. The van der Waals surface area contributed by atoms with Crippen LogP contribution in [0.15, 0.2) is 35.9 Å². The fraction of sp³-hybridized carbons (Fsp3) is 0.357. The van der Waals surface area contributed by atoms with Gasteiger partial charge in [0.05, 0.1) is 6.42 Å². The van der Waals surface area contributed by atoms with E-state index in [1.165, 1.54) is 5.57 Å². The summed E-state index contributed by atoms with van der Waals surface area (Å²) < 4.78 is 0. The SMILES string of the molecule is CC1=CCCN(C(=O)Cc2cccc(N)c2)C1. The van der Waals surface area contributed by atoms with Gasteiger partial charge in [0.2, 0.25) is 5.91 Å². The third-order valence-electron chi connectivity index (χ3n) is 2.99. The van der Waals surface area contributed by atoms with Gasteiger partial charge in [-0.15, -0.1) is 0 Å². The van der Waals surface area contributed by atoms with E-state index < -0.39 is 0 Å². The molecule has 1 aromatic carbocycles. The molecule has 0 aliphatic carbocycles. The molecule has 1 aliphatic heterocycles. The van der Waals surface area contributed by atoms with Crippen molar-refractivity contribution in [1.29, 1.82) is 0 Å². The molecule has 1 heterocycles. The second-order valence-electron chi connectivity index (χ2n) is 4.58. The fourth-order valence-corrected chi connectivity index (χ4v) is 2.11. The highest BCUT2D eigenvalue weighted by Crippen LogP contribution is 2.12. The lowest BCUT2D eigenvalue weighted by molar-refractivity contribution is -0.130. The number of carbonyl (C=O) groups excluding carboxylic acids is 1. The number of hydrogen-bond acceptors (Lipinski definition) is 2. The highest BCUT2D eigenvalue weighted by Gasteiger charge is 2.16. The second-order valence-corrected chi connectivity index (χ2v) is 4.58. The van der Waals surface area contributed by atoms with Crippen molar-refractivity contribution in [3.8, 4) is 0 Å². The van der Waals surface area contributed by atoms with E-state index in [0.717, 1.165) is 25.1 Å². The van der Waals surface area contributed by atoms with Crippen LogP contribution >= 0.6 is 0 Å². The van der Waals surface area contributed by atoms with Gasteiger partial charge in [0, 0.05) is 18.8 Å². The molecule has 2 rings (SSSR count). The van der Waals surface area contributed by atoms with Gasteiger partial charge in [-0.25, -0.2) is 0 Å². The van der Waals surface area contributed by atoms with Gasteiger partial charge in [-0.05, 0) is 31.0 Å². The van der Waals surface area contributed by atoms with E-state index in [0.29, 0.717) is 12.1 Å². The number of benzene rings is 1. The van der Waals surface area contributed by atoms with Crippen LogP contribution < -0.4 is 5.73 Å². The normalized spacial score (nSPS) is 15.6. The molecule has 0 aromatic heterocycles. The predicted octanol–water partition coefficient (Wildman–Crippen LogP) is 1.99. The van der Waals surface area contributed by atoms with Crippen LogP contribution in [-0.2, 0) is 11.2 Å². The van der Waals surface area contributed by atoms with E-state index in [1.807, 2.05) is 29.2 Å². The molecule has 1 aliphatic rings. The first-order valence-electron chi connectivity index (χ1n) is 5.93. The lowest BCUT2D eigenvalue weighted by Crippen LogP contribution is -2.36. The zero-order chi connectivity index (χ0) is 12.3. The number of nitrogen functional groups attached to an aromatic ring is 1. The van der Waals surface area contributed by atoms with Crippen molar-refractivity contribution >= 4 is 11.6 Å². The van der Waals surface area contributed by atoms with Crippen LogP contribution in [0.4, 0.5) is 5.69 Å². The molecule has 90 valence electrons. The Kier molecular flexibility index (Phi) is 3.47. The monoisotopic (exact) mass is 230 g/mol. The van der Waals surface area contributed by atoms with E-state index >= 15 is 0 Å². The number of amides is 1. The summed E-state index contributed by atoms with van der Waals surface area (Å²) in [7, 11) is 0. The highest BCUT2D eigenvalue weighted by atomic mass is 16.2. The highest BCUT2D eigenvalue weighted by molar-refractivity contribution is 5.79. The summed E-state index contributed by atoms with van der Waals surface area (Å²) in [6.07, 6.45) is 3.61. The van der Waals surface area contributed by atoms with E-state index in [1.54, 1.807) is 0 Å². The van der Waals surface area contributed by atoms with Crippen LogP contribution in [0.2, 0.25) is 0 Å². The van der Waals surface area contributed by atoms with Crippen molar-refractivity contribution in [2.24, 2.45) is 0 Å². The molecule has 3 heteroatoms. The van der Waals surface area contributed by atoms with Crippen LogP contribution in [0.3, 0.4) is 0 Å². The van der Waals surface area contributed by atoms with Gasteiger partial charge >= 0.3 is 0 Å². The van der Waals surface area contributed by atoms with Gasteiger partial charge in [-0.2, -0.15) is 0 Å². The molecule has 0 saturated heterocycles. The molecule has 17 heavy (non-hydrogen) atoms. The third kappa shape index (κ3) is 3.09. The number of hydrogen-bond donors (Lipinski definition) is 1. The predicted molar refractivity (Wildman–Crippen MR) is 69.5 cm³/mol. The molecule has 0 atom stereocenters. The quantitative estimate of drug-likeness (QED) is 0.624. The van der Waals surface area contributed by atoms with E-state index in [9.17, 15) is 4.79 Å². The first-order valence-corrected chi connectivity index (χ1v) is 5.93. The van der Waals surface area contributed by atoms with Crippen molar-refractivity contribution in [3.05, 3.63) is 41.5 Å². The smallest absolute Gasteiger partial charge is 0.227 e. The molecule has 1 amide bonds. The maximum absolute atomic E-state index is 12.1. The number of anilines is 1. The summed E-state index contributed by atoms with van der Waals surface area (Å²) in [5.41, 5.74) is 8.68. The molecule has 0 saturated carbocycles. The topological polar surface area (TPSA) is 46.3 Å². The summed E-state index contributed by atoms with van der Waals surface area (Å²) in [6, 6.07) is 7.53. The minimum Gasteiger partial charge on any atom is -0.399 e. The summed E-state index contributed by atoms with van der Waals surface area (Å²) in [6.45, 7) is 3.67. The van der Waals surface area contributed by atoms with Gasteiger partial charge in [-0.3, -0.25) is 4.79 Å². The third-order valence-corrected chi connectivity index (χ3v) is 2.99. The lowest BCUT2D eigenvalue weighted by Gasteiger charge is -2.26. The van der Waals surface area contributed by atoms with Crippen molar-refractivity contribution in [2.45, 2.75) is 19.8 Å². The Hall–Kier alpha value is -1.77. The van der Waals surface area contributed by atoms with Crippen molar-refractivity contribution in [2.75, 3.05) is 18.8 Å². The zero-order valence-electron chi connectivity index (χ0n) is 10.1. The largest absolute Gasteiger partial charge is 0.399 e. The maximum Gasteiger partial charge on any atom is 0.227 e. The van der Waals surface area contributed by atoms with Crippen molar-refractivity contribution in [3.63, 3.8) is 0 Å². The number of nitrogens with two attached hydrogens (primary N) is 1. The Labute approximate surface area is 102 Å². The molecule has 0 bridgehead atoms. The zero-order valence-corrected chi connectivity index (χ0v) is 10.1. The van der Waals surface area contributed by atoms with Crippen LogP contribution in [0.5, 0.6) is 0 Å². The first-order chi connectivity index (χ1) is 8.15. The Morgan fingerprint density at radius 3 is 3.00 bits per heavy atom. The van der Waals surface area contributed by atoms with Crippen LogP contribution in [0.25, 0.3) is 0 Å². The van der Waals surface area contributed by atoms with E-state index in [2.05, 4.69) is 13.0 Å². The Morgan fingerprint density at radius 2 is 2.29 bits per heavy atom. The summed E-state index contributed by atoms with van der Waals surface area (Å²) in [5, 5.41) is 0. The molecule has 0 unspecified atom stereocenters. The first kappa shape index (κ1) is 11.7. The Balaban J connectivity index is 2.00. The van der Waals surface area contributed by atoms with Crippen LogP contribution in [-0.4, -0.2) is 23.9 Å². The Morgan fingerprint density at radius 1 is 1.47 bits per heavy atom. The molecule has 0 fully saturated rings. The minimum atomic E-state index is 0.183. The van der Waals surface area contributed by atoms with Gasteiger partial charge in [0.1, 0.15) is 0 Å². The standard InChI is InChI=1S/C14H18N2O/c1-11-4-3-7-16(10-11)14(17)9-12-5-2-6-13(15)8-12/h2,4-6,8H,3,7,9-10,15H2,1H3. The minimum absolute atomic E-state index is 0.183. The van der Waals surface area contributed by atoms with Gasteiger partial charge in [0.25, 0.3) is 0 Å². The molecular weight excluding hydrogens is 212 g/mol. The lowest BCUT2D eigenvalue weighted by atomic mass is 10.1. The number of rotatable bonds is 2. The average molecular weight is 230 g/mol. The molecule has 1 aromatic rings. The number of nitrogens with zero attached hydrogens (tertiary/aromatic N) is 1. The van der Waals surface area contributed by atoms with Gasteiger partial charge in [-0.1, -0.05) is 23.8 Å². The molecule has 3 nitrogen and oxygen atoms in total. The maximum atomic E-state index is 12.1. The van der Waals surface area contributed by atoms with E-state index in [4.69, 9.17) is 5.73 Å². The molecule has 2 N–H and O–H groups in total. The molecule has 0 radical (unpaired) electrons. The van der Waals surface area contributed by atoms with Gasteiger partial charge < -0.3 is 10.6 Å². The molecule has 0 spiro atoms. The van der Waals surface area contributed by atoms with Crippen molar-refractivity contribution in [1.82, 2.24) is 4.90 Å². The fourth-order valence-electron chi connectivity index (χ4n) is 2.11. The Bertz CT molecular complexity index is 451. The second kappa shape index (κ2) is 5.04. The summed E-state index contributed by atoms with van der Waals surface area (Å²) in [4.78, 5) is 14.0. The summed E-state index contributed by atoms with van der Waals surface area (Å²) >= 11 is 0. The van der Waals surface area contributed by atoms with Crippen molar-refractivity contribution < 1.29 is 4.79 Å². The number of carbonyl (C=O) groups is 1. The van der Waals surface area contributed by atoms with Gasteiger partial charge in [0.15, 0.2) is 0 Å².